The first-order valence-electron chi connectivity index (χ1n) is 5.53. The predicted octanol–water partition coefficient (Wildman–Crippen LogP) is 3.27. The van der Waals surface area contributed by atoms with Crippen molar-refractivity contribution in [3.8, 4) is 5.75 Å². The Hall–Kier alpha value is -1.88. The number of carbonyl (C=O) groups is 1. The SMILES string of the molecule is NC(=O)c1ccc(F)c(COc2cccc(Br)c2)c1. The second kappa shape index (κ2) is 5.84. The number of halogens is 2. The van der Waals surface area contributed by atoms with E-state index < -0.39 is 11.7 Å². The van der Waals surface area contributed by atoms with Crippen LogP contribution in [0.25, 0.3) is 0 Å². The van der Waals surface area contributed by atoms with E-state index in [1.54, 1.807) is 12.1 Å². The fraction of sp³-hybridized carbons (Fsp3) is 0.0714. The molecule has 0 aromatic heterocycles. The summed E-state index contributed by atoms with van der Waals surface area (Å²) in [6.45, 7) is 0.0312. The molecule has 0 radical (unpaired) electrons. The molecular formula is C14H11BrFNO2. The van der Waals surface area contributed by atoms with Gasteiger partial charge in [0.25, 0.3) is 0 Å². The molecule has 2 aromatic carbocycles. The van der Waals surface area contributed by atoms with E-state index in [2.05, 4.69) is 15.9 Å². The number of rotatable bonds is 4. The van der Waals surface area contributed by atoms with Crippen LogP contribution in [0.4, 0.5) is 4.39 Å². The van der Waals surface area contributed by atoms with Crippen LogP contribution in [0, 0.1) is 5.82 Å². The fourth-order valence-electron chi connectivity index (χ4n) is 1.56. The predicted molar refractivity (Wildman–Crippen MR) is 73.4 cm³/mol. The maximum absolute atomic E-state index is 13.6. The number of primary amides is 1. The van der Waals surface area contributed by atoms with Gasteiger partial charge in [-0.25, -0.2) is 4.39 Å². The minimum atomic E-state index is -0.594. The van der Waals surface area contributed by atoms with Crippen LogP contribution in [0.2, 0.25) is 0 Å². The minimum Gasteiger partial charge on any atom is -0.489 e. The quantitative estimate of drug-likeness (QED) is 0.938. The van der Waals surface area contributed by atoms with Crippen molar-refractivity contribution in [2.75, 3.05) is 0 Å². The van der Waals surface area contributed by atoms with E-state index in [4.69, 9.17) is 10.5 Å². The van der Waals surface area contributed by atoms with Gasteiger partial charge in [-0.05, 0) is 36.4 Å². The number of nitrogens with two attached hydrogens (primary N) is 1. The highest BCUT2D eigenvalue weighted by atomic mass is 79.9. The number of benzene rings is 2. The van der Waals surface area contributed by atoms with Crippen molar-refractivity contribution in [2.45, 2.75) is 6.61 Å². The molecule has 0 aliphatic carbocycles. The van der Waals surface area contributed by atoms with E-state index in [0.29, 0.717) is 5.75 Å². The average Bonchev–Trinajstić information content (AvgIpc) is 2.37. The topological polar surface area (TPSA) is 52.3 Å². The second-order valence-electron chi connectivity index (χ2n) is 3.92. The molecular weight excluding hydrogens is 313 g/mol. The molecule has 2 rings (SSSR count). The minimum absolute atomic E-state index is 0.0312. The van der Waals surface area contributed by atoms with Crippen LogP contribution < -0.4 is 10.5 Å². The lowest BCUT2D eigenvalue weighted by molar-refractivity contribution is 0.1000. The van der Waals surface area contributed by atoms with Gasteiger partial charge in [0.1, 0.15) is 18.2 Å². The number of hydrogen-bond acceptors (Lipinski definition) is 2. The van der Waals surface area contributed by atoms with E-state index >= 15 is 0 Å². The second-order valence-corrected chi connectivity index (χ2v) is 4.83. The zero-order valence-corrected chi connectivity index (χ0v) is 11.5. The summed E-state index contributed by atoms with van der Waals surface area (Å²) in [5.41, 5.74) is 5.70. The van der Waals surface area contributed by atoms with Crippen molar-refractivity contribution in [3.63, 3.8) is 0 Å². The molecule has 3 nitrogen and oxygen atoms in total. The maximum atomic E-state index is 13.6. The Bertz CT molecular complexity index is 616. The summed E-state index contributed by atoms with van der Waals surface area (Å²) in [5, 5.41) is 0. The molecule has 0 spiro atoms. The number of carbonyl (C=O) groups excluding carboxylic acids is 1. The van der Waals surface area contributed by atoms with Gasteiger partial charge < -0.3 is 10.5 Å². The zero-order valence-electron chi connectivity index (χ0n) is 9.90. The standard InChI is InChI=1S/C14H11BrFNO2/c15-11-2-1-3-12(7-11)19-8-10-6-9(14(17)18)4-5-13(10)16/h1-7H,8H2,(H2,17,18). The molecule has 1 amide bonds. The van der Waals surface area contributed by atoms with E-state index in [1.807, 2.05) is 12.1 Å². The molecule has 0 fully saturated rings. The summed E-state index contributed by atoms with van der Waals surface area (Å²) < 4.78 is 19.9. The Morgan fingerprint density at radius 3 is 2.74 bits per heavy atom. The molecule has 0 unspecified atom stereocenters. The lowest BCUT2D eigenvalue weighted by Crippen LogP contribution is -2.12. The Kier molecular flexibility index (Phi) is 4.16. The Morgan fingerprint density at radius 2 is 2.05 bits per heavy atom. The van der Waals surface area contributed by atoms with Crippen molar-refractivity contribution < 1.29 is 13.9 Å². The largest absolute Gasteiger partial charge is 0.489 e. The van der Waals surface area contributed by atoms with Crippen LogP contribution in [-0.4, -0.2) is 5.91 Å². The monoisotopic (exact) mass is 323 g/mol. The van der Waals surface area contributed by atoms with Gasteiger partial charge in [0.2, 0.25) is 5.91 Å². The first-order valence-corrected chi connectivity index (χ1v) is 6.32. The van der Waals surface area contributed by atoms with Gasteiger partial charge in [-0.3, -0.25) is 4.79 Å². The summed E-state index contributed by atoms with van der Waals surface area (Å²) in [5.74, 6) is -0.415. The van der Waals surface area contributed by atoms with E-state index in [0.717, 1.165) is 4.47 Å². The molecule has 19 heavy (non-hydrogen) atoms. The first kappa shape index (κ1) is 13.5. The summed E-state index contributed by atoms with van der Waals surface area (Å²) >= 11 is 3.32. The lowest BCUT2D eigenvalue weighted by Gasteiger charge is -2.08. The van der Waals surface area contributed by atoms with Crippen LogP contribution in [0.15, 0.2) is 46.9 Å². The van der Waals surface area contributed by atoms with Gasteiger partial charge in [-0.15, -0.1) is 0 Å². The smallest absolute Gasteiger partial charge is 0.248 e. The Morgan fingerprint density at radius 1 is 1.26 bits per heavy atom. The van der Waals surface area contributed by atoms with E-state index in [1.165, 1.54) is 18.2 Å². The summed E-state index contributed by atoms with van der Waals surface area (Å²) in [7, 11) is 0. The van der Waals surface area contributed by atoms with Crippen molar-refractivity contribution in [3.05, 3.63) is 63.9 Å². The molecule has 5 heteroatoms. The van der Waals surface area contributed by atoms with Gasteiger partial charge in [0.05, 0.1) is 0 Å². The van der Waals surface area contributed by atoms with E-state index in [9.17, 15) is 9.18 Å². The number of ether oxygens (including phenoxy) is 1. The van der Waals surface area contributed by atoms with Crippen molar-refractivity contribution in [1.29, 1.82) is 0 Å². The third-order valence-electron chi connectivity index (χ3n) is 2.52. The highest BCUT2D eigenvalue weighted by Crippen LogP contribution is 2.20. The Balaban J connectivity index is 2.15. The molecule has 2 N–H and O–H groups in total. The average molecular weight is 324 g/mol. The molecule has 0 atom stereocenters. The first-order chi connectivity index (χ1) is 9.06. The van der Waals surface area contributed by atoms with Crippen LogP contribution in [0.1, 0.15) is 15.9 Å². The van der Waals surface area contributed by atoms with Gasteiger partial charge in [-0.1, -0.05) is 22.0 Å². The van der Waals surface area contributed by atoms with Crippen molar-refractivity contribution in [2.24, 2.45) is 5.73 Å². The van der Waals surface area contributed by atoms with Gasteiger partial charge >= 0.3 is 0 Å². The van der Waals surface area contributed by atoms with Crippen molar-refractivity contribution in [1.82, 2.24) is 0 Å². The van der Waals surface area contributed by atoms with Gasteiger partial charge in [0.15, 0.2) is 0 Å². The van der Waals surface area contributed by atoms with Gasteiger partial charge in [-0.2, -0.15) is 0 Å². The molecule has 2 aromatic rings. The maximum Gasteiger partial charge on any atom is 0.248 e. The molecule has 0 saturated carbocycles. The lowest BCUT2D eigenvalue weighted by atomic mass is 10.1. The molecule has 0 heterocycles. The zero-order chi connectivity index (χ0) is 13.8. The normalized spacial score (nSPS) is 10.2. The van der Waals surface area contributed by atoms with Crippen molar-refractivity contribution >= 4 is 21.8 Å². The molecule has 0 aliphatic rings. The van der Waals surface area contributed by atoms with Crippen LogP contribution in [-0.2, 0) is 6.61 Å². The van der Waals surface area contributed by atoms with E-state index in [-0.39, 0.29) is 17.7 Å². The summed E-state index contributed by atoms with van der Waals surface area (Å²) in [4.78, 5) is 11.0. The molecule has 0 aliphatic heterocycles. The third-order valence-corrected chi connectivity index (χ3v) is 3.01. The van der Waals surface area contributed by atoms with Crippen LogP contribution in [0.5, 0.6) is 5.75 Å². The molecule has 0 bridgehead atoms. The van der Waals surface area contributed by atoms with Crippen LogP contribution in [0.3, 0.4) is 0 Å². The summed E-state index contributed by atoms with van der Waals surface area (Å²) in [6.07, 6.45) is 0. The fourth-order valence-corrected chi connectivity index (χ4v) is 1.93. The number of amides is 1. The van der Waals surface area contributed by atoms with Crippen LogP contribution >= 0.6 is 15.9 Å². The Labute approximate surface area is 118 Å². The third kappa shape index (κ3) is 3.54. The number of hydrogen-bond donors (Lipinski definition) is 1. The molecule has 98 valence electrons. The highest BCUT2D eigenvalue weighted by molar-refractivity contribution is 9.10. The molecule has 0 saturated heterocycles. The summed E-state index contributed by atoms with van der Waals surface area (Å²) in [6, 6.07) is 11.2. The van der Waals surface area contributed by atoms with Gasteiger partial charge in [0, 0.05) is 15.6 Å². The highest BCUT2D eigenvalue weighted by Gasteiger charge is 2.08.